The summed E-state index contributed by atoms with van der Waals surface area (Å²) in [6, 6.07) is 13.3. The number of hydrogen-bond acceptors (Lipinski definition) is 4. The SMILES string of the molecule is N#CNC(=O)c1cc2cccc(-c3ccc([N+](=O)[O-])cc3)c2[nH]1. The molecule has 0 spiro atoms. The summed E-state index contributed by atoms with van der Waals surface area (Å²) in [5.74, 6) is -0.515. The van der Waals surface area contributed by atoms with Crippen molar-refractivity contribution in [2.75, 3.05) is 0 Å². The van der Waals surface area contributed by atoms with Crippen molar-refractivity contribution in [2.45, 2.75) is 0 Å². The maximum Gasteiger partial charge on any atom is 0.280 e. The summed E-state index contributed by atoms with van der Waals surface area (Å²) in [4.78, 5) is 25.0. The van der Waals surface area contributed by atoms with Gasteiger partial charge in [-0.2, -0.15) is 5.26 Å². The zero-order valence-corrected chi connectivity index (χ0v) is 11.7. The molecule has 2 N–H and O–H groups in total. The zero-order valence-electron chi connectivity index (χ0n) is 11.7. The van der Waals surface area contributed by atoms with Crippen molar-refractivity contribution in [1.29, 1.82) is 5.26 Å². The normalized spacial score (nSPS) is 10.2. The number of nitro benzene ring substituents is 1. The van der Waals surface area contributed by atoms with Gasteiger partial charge < -0.3 is 4.98 Å². The van der Waals surface area contributed by atoms with E-state index in [9.17, 15) is 14.9 Å². The average molecular weight is 306 g/mol. The molecule has 7 heteroatoms. The van der Waals surface area contributed by atoms with E-state index in [2.05, 4.69) is 10.3 Å². The van der Waals surface area contributed by atoms with Gasteiger partial charge >= 0.3 is 0 Å². The van der Waals surface area contributed by atoms with Gasteiger partial charge in [0.25, 0.3) is 11.6 Å². The Morgan fingerprint density at radius 2 is 1.96 bits per heavy atom. The fourth-order valence-electron chi connectivity index (χ4n) is 2.40. The highest BCUT2D eigenvalue weighted by Gasteiger charge is 2.13. The fourth-order valence-corrected chi connectivity index (χ4v) is 2.40. The number of non-ortho nitro benzene ring substituents is 1. The van der Waals surface area contributed by atoms with Gasteiger partial charge in [-0.1, -0.05) is 18.2 Å². The number of nitro groups is 1. The Morgan fingerprint density at radius 1 is 1.22 bits per heavy atom. The van der Waals surface area contributed by atoms with Crippen LogP contribution in [0.2, 0.25) is 0 Å². The number of aromatic amines is 1. The second kappa shape index (κ2) is 5.61. The summed E-state index contributed by atoms with van der Waals surface area (Å²) >= 11 is 0. The molecule has 0 radical (unpaired) electrons. The standard InChI is InChI=1S/C16H10N4O3/c17-9-18-16(21)14-8-11-2-1-3-13(15(11)19-14)10-4-6-12(7-5-10)20(22)23/h1-8,19H,(H,18,21). The Hall–Kier alpha value is -3.66. The number of rotatable bonds is 3. The van der Waals surface area contributed by atoms with Crippen molar-refractivity contribution in [3.63, 3.8) is 0 Å². The molecule has 7 nitrogen and oxygen atoms in total. The molecule has 0 aliphatic carbocycles. The highest BCUT2D eigenvalue weighted by Crippen LogP contribution is 2.29. The Kier molecular flexibility index (Phi) is 3.49. The Balaban J connectivity index is 2.09. The van der Waals surface area contributed by atoms with Gasteiger partial charge in [0.05, 0.1) is 10.4 Å². The van der Waals surface area contributed by atoms with E-state index in [4.69, 9.17) is 5.26 Å². The van der Waals surface area contributed by atoms with Gasteiger partial charge in [-0.15, -0.1) is 0 Å². The van der Waals surface area contributed by atoms with Crippen LogP contribution in [0.5, 0.6) is 0 Å². The van der Waals surface area contributed by atoms with E-state index < -0.39 is 10.8 Å². The number of H-pyrrole nitrogens is 1. The van der Waals surface area contributed by atoms with E-state index in [1.165, 1.54) is 12.1 Å². The van der Waals surface area contributed by atoms with E-state index in [0.717, 1.165) is 22.0 Å². The highest BCUT2D eigenvalue weighted by atomic mass is 16.6. The Labute approximate surface area is 130 Å². The zero-order chi connectivity index (χ0) is 16.4. The van der Waals surface area contributed by atoms with Crippen LogP contribution in [0.1, 0.15) is 10.5 Å². The lowest BCUT2D eigenvalue weighted by Crippen LogP contribution is -2.17. The van der Waals surface area contributed by atoms with E-state index >= 15 is 0 Å². The number of carbonyl (C=O) groups is 1. The van der Waals surface area contributed by atoms with Crippen molar-refractivity contribution in [1.82, 2.24) is 10.3 Å². The number of nitrogens with one attached hydrogen (secondary N) is 2. The third kappa shape index (κ3) is 2.61. The van der Waals surface area contributed by atoms with Crippen molar-refractivity contribution in [2.24, 2.45) is 0 Å². The van der Waals surface area contributed by atoms with Crippen LogP contribution in [-0.2, 0) is 0 Å². The monoisotopic (exact) mass is 306 g/mol. The van der Waals surface area contributed by atoms with Gasteiger partial charge in [0.15, 0.2) is 6.19 Å². The molecule has 0 saturated carbocycles. The van der Waals surface area contributed by atoms with Gasteiger partial charge in [-0.25, -0.2) is 0 Å². The number of amides is 1. The van der Waals surface area contributed by atoms with Crippen molar-refractivity contribution < 1.29 is 9.72 Å². The predicted octanol–water partition coefficient (Wildman–Crippen LogP) is 2.95. The summed E-state index contributed by atoms with van der Waals surface area (Å²) in [6.45, 7) is 0. The summed E-state index contributed by atoms with van der Waals surface area (Å²) < 4.78 is 0. The summed E-state index contributed by atoms with van der Waals surface area (Å²) in [6.07, 6.45) is 1.59. The quantitative estimate of drug-likeness (QED) is 0.335. The molecule has 0 aliphatic rings. The minimum Gasteiger partial charge on any atom is -0.350 e. The number of fused-ring (bicyclic) bond motifs is 1. The van der Waals surface area contributed by atoms with E-state index in [1.54, 1.807) is 24.4 Å². The van der Waals surface area contributed by atoms with E-state index in [-0.39, 0.29) is 11.4 Å². The molecule has 1 heterocycles. The molecule has 112 valence electrons. The van der Waals surface area contributed by atoms with Gasteiger partial charge in [0, 0.05) is 23.1 Å². The largest absolute Gasteiger partial charge is 0.350 e. The second-order valence-electron chi connectivity index (χ2n) is 4.82. The van der Waals surface area contributed by atoms with Crippen LogP contribution in [-0.4, -0.2) is 15.8 Å². The first-order valence-corrected chi connectivity index (χ1v) is 6.66. The molecule has 23 heavy (non-hydrogen) atoms. The van der Waals surface area contributed by atoms with Crippen LogP contribution in [0, 0.1) is 21.6 Å². The molecule has 0 bridgehead atoms. The lowest BCUT2D eigenvalue weighted by Gasteiger charge is -2.03. The van der Waals surface area contributed by atoms with Gasteiger partial charge in [0.1, 0.15) is 5.69 Å². The first-order chi connectivity index (χ1) is 11.1. The number of carbonyl (C=O) groups excluding carboxylic acids is 1. The Morgan fingerprint density at radius 3 is 2.61 bits per heavy atom. The maximum atomic E-state index is 11.7. The molecule has 0 fully saturated rings. The topological polar surface area (TPSA) is 112 Å². The lowest BCUT2D eigenvalue weighted by molar-refractivity contribution is -0.384. The number of hydrogen-bond donors (Lipinski definition) is 2. The summed E-state index contributed by atoms with van der Waals surface area (Å²) in [5.41, 5.74) is 2.62. The van der Waals surface area contributed by atoms with E-state index in [1.807, 2.05) is 18.2 Å². The van der Waals surface area contributed by atoms with Crippen LogP contribution < -0.4 is 5.32 Å². The molecular weight excluding hydrogens is 296 g/mol. The van der Waals surface area contributed by atoms with Gasteiger partial charge in [-0.05, 0) is 23.8 Å². The van der Waals surface area contributed by atoms with Gasteiger partial charge in [0.2, 0.25) is 0 Å². The van der Waals surface area contributed by atoms with Crippen molar-refractivity contribution in [3.05, 3.63) is 64.3 Å². The number of nitrogens with zero attached hydrogens (tertiary/aromatic N) is 2. The van der Waals surface area contributed by atoms with Crippen LogP contribution in [0.25, 0.3) is 22.0 Å². The molecule has 2 aromatic carbocycles. The molecule has 1 aromatic heterocycles. The number of nitriles is 1. The molecular formula is C16H10N4O3. The predicted molar refractivity (Wildman–Crippen MR) is 83.5 cm³/mol. The fraction of sp³-hybridized carbons (Fsp3) is 0. The third-order valence-corrected chi connectivity index (χ3v) is 3.46. The molecule has 0 aliphatic heterocycles. The van der Waals surface area contributed by atoms with Crippen LogP contribution in [0.3, 0.4) is 0 Å². The molecule has 3 rings (SSSR count). The van der Waals surface area contributed by atoms with Crippen LogP contribution in [0.15, 0.2) is 48.5 Å². The summed E-state index contributed by atoms with van der Waals surface area (Å²) in [7, 11) is 0. The maximum absolute atomic E-state index is 11.7. The summed E-state index contributed by atoms with van der Waals surface area (Å²) in [5, 5.41) is 22.1. The minimum absolute atomic E-state index is 0.0153. The van der Waals surface area contributed by atoms with Crippen molar-refractivity contribution in [3.8, 4) is 17.3 Å². The smallest absolute Gasteiger partial charge is 0.280 e. The van der Waals surface area contributed by atoms with Crippen molar-refractivity contribution >= 4 is 22.5 Å². The van der Waals surface area contributed by atoms with Gasteiger partial charge in [-0.3, -0.25) is 20.2 Å². The molecule has 1 amide bonds. The average Bonchev–Trinajstić information content (AvgIpc) is 2.99. The van der Waals surface area contributed by atoms with E-state index in [0.29, 0.717) is 0 Å². The highest BCUT2D eigenvalue weighted by molar-refractivity contribution is 6.02. The molecule has 0 saturated heterocycles. The Bertz CT molecular complexity index is 952. The lowest BCUT2D eigenvalue weighted by atomic mass is 10.0. The molecule has 0 unspecified atom stereocenters. The first-order valence-electron chi connectivity index (χ1n) is 6.66. The second-order valence-corrected chi connectivity index (χ2v) is 4.82. The number of para-hydroxylation sites is 1. The number of aromatic nitrogens is 1. The minimum atomic E-state index is -0.515. The molecule has 3 aromatic rings. The third-order valence-electron chi connectivity index (χ3n) is 3.46. The first kappa shape index (κ1) is 14.3. The van der Waals surface area contributed by atoms with Crippen LogP contribution in [0.4, 0.5) is 5.69 Å². The van der Waals surface area contributed by atoms with Crippen LogP contribution >= 0.6 is 0 Å². The molecule has 0 atom stereocenters. The number of benzene rings is 2.